The number of para-hydroxylation sites is 1. The van der Waals surface area contributed by atoms with E-state index >= 15 is 0 Å². The lowest BCUT2D eigenvalue weighted by atomic mass is 9.78. The Balaban J connectivity index is 1.21. The number of fused-ring (bicyclic) bond motifs is 1. The molecule has 2 amide bonds. The van der Waals surface area contributed by atoms with Crippen molar-refractivity contribution in [3.05, 3.63) is 29.3 Å². The first-order chi connectivity index (χ1) is 14.6. The third-order valence-electron chi connectivity index (χ3n) is 7.19. The van der Waals surface area contributed by atoms with E-state index in [1.165, 1.54) is 48.3 Å². The highest BCUT2D eigenvalue weighted by atomic mass is 35.5. The Morgan fingerprint density at radius 1 is 0.967 bits per heavy atom. The fraction of sp³-hybridized carbons (Fsp3) is 0.652. The van der Waals surface area contributed by atoms with E-state index in [4.69, 9.17) is 11.6 Å². The standard InChI is InChI=1S/C23H33ClN4O2/c24-19-8-2-3-9-20(19)25-22(29)16-26-12-14-27(15-13-26)17-23(30)28-11-5-7-18-6-1-4-10-21(18)28/h2-3,8-9,18,21H,1,4-7,10-17H2,(H,25,29)/p+2/t18-,21-/m1/s1. The molecule has 1 aromatic carbocycles. The van der Waals surface area contributed by atoms with Gasteiger partial charge in [0, 0.05) is 12.6 Å². The van der Waals surface area contributed by atoms with Crippen molar-refractivity contribution in [3.8, 4) is 0 Å². The lowest BCUT2D eigenvalue weighted by Crippen LogP contribution is -3.28. The van der Waals surface area contributed by atoms with Crippen molar-refractivity contribution in [2.45, 2.75) is 44.6 Å². The van der Waals surface area contributed by atoms with Crippen molar-refractivity contribution in [1.29, 1.82) is 0 Å². The largest absolute Gasteiger partial charge is 0.335 e. The number of carbonyl (C=O) groups is 2. The third-order valence-corrected chi connectivity index (χ3v) is 7.52. The summed E-state index contributed by atoms with van der Waals surface area (Å²) in [6.07, 6.45) is 7.59. The van der Waals surface area contributed by atoms with Crippen molar-refractivity contribution >= 4 is 29.1 Å². The molecule has 0 spiro atoms. The van der Waals surface area contributed by atoms with Gasteiger partial charge in [-0.05, 0) is 43.7 Å². The fourth-order valence-electron chi connectivity index (χ4n) is 5.54. The Bertz CT molecular complexity index is 748. The molecule has 1 aliphatic carbocycles. The second kappa shape index (κ2) is 10.1. The Morgan fingerprint density at radius 3 is 2.40 bits per heavy atom. The number of nitrogens with one attached hydrogen (secondary N) is 3. The SMILES string of the molecule is O=C(C[NH+]1CC[NH+](CC(=O)N2CCC[C@H]3CCCC[C@H]32)CC1)Nc1ccccc1Cl. The van der Waals surface area contributed by atoms with Crippen LogP contribution in [0.1, 0.15) is 38.5 Å². The van der Waals surface area contributed by atoms with Crippen LogP contribution in [0.25, 0.3) is 0 Å². The molecular weight excluding hydrogens is 400 g/mol. The number of anilines is 1. The zero-order valence-electron chi connectivity index (χ0n) is 17.8. The molecule has 3 N–H and O–H groups in total. The van der Waals surface area contributed by atoms with Crippen molar-refractivity contribution < 1.29 is 19.4 Å². The maximum atomic E-state index is 13.0. The smallest absolute Gasteiger partial charge is 0.279 e. The predicted octanol–water partition coefficient (Wildman–Crippen LogP) is 0.243. The van der Waals surface area contributed by atoms with E-state index < -0.39 is 0 Å². The highest BCUT2D eigenvalue weighted by molar-refractivity contribution is 6.33. The number of benzene rings is 1. The average molecular weight is 435 g/mol. The van der Waals surface area contributed by atoms with Crippen LogP contribution < -0.4 is 15.1 Å². The van der Waals surface area contributed by atoms with Gasteiger partial charge < -0.3 is 20.0 Å². The number of likely N-dealkylation sites (tertiary alicyclic amines) is 1. The second-order valence-electron chi connectivity index (χ2n) is 9.22. The van der Waals surface area contributed by atoms with Gasteiger partial charge in [-0.25, -0.2) is 0 Å². The average Bonchev–Trinajstić information content (AvgIpc) is 2.76. The minimum absolute atomic E-state index is 0.00529. The Morgan fingerprint density at radius 2 is 1.63 bits per heavy atom. The van der Waals surface area contributed by atoms with E-state index in [0.29, 0.717) is 35.7 Å². The summed E-state index contributed by atoms with van der Waals surface area (Å²) in [6, 6.07) is 7.82. The fourth-order valence-corrected chi connectivity index (χ4v) is 5.73. The summed E-state index contributed by atoms with van der Waals surface area (Å²) in [7, 11) is 0. The third kappa shape index (κ3) is 5.34. The summed E-state index contributed by atoms with van der Waals surface area (Å²) in [4.78, 5) is 30.3. The van der Waals surface area contributed by atoms with Crippen molar-refractivity contribution in [1.82, 2.24) is 4.90 Å². The highest BCUT2D eigenvalue weighted by Crippen LogP contribution is 2.35. The van der Waals surface area contributed by atoms with Crippen LogP contribution in [-0.2, 0) is 9.59 Å². The summed E-state index contributed by atoms with van der Waals surface area (Å²) in [6.45, 7) is 5.75. The van der Waals surface area contributed by atoms with Crippen molar-refractivity contribution in [2.24, 2.45) is 5.92 Å². The van der Waals surface area contributed by atoms with Crippen LogP contribution >= 0.6 is 11.6 Å². The molecule has 2 heterocycles. The normalized spacial score (nSPS) is 29.2. The number of piperidine rings is 1. The second-order valence-corrected chi connectivity index (χ2v) is 9.63. The minimum Gasteiger partial charge on any atom is -0.335 e. The zero-order valence-corrected chi connectivity index (χ0v) is 18.6. The summed E-state index contributed by atoms with van der Waals surface area (Å²) in [5.41, 5.74) is 0.668. The number of quaternary nitrogens is 2. The zero-order chi connectivity index (χ0) is 20.9. The first kappa shape index (κ1) is 21.6. The van der Waals surface area contributed by atoms with Gasteiger partial charge in [-0.15, -0.1) is 0 Å². The number of amides is 2. The number of piperazine rings is 1. The first-order valence-corrected chi connectivity index (χ1v) is 12.0. The van der Waals surface area contributed by atoms with Crippen molar-refractivity contribution in [2.75, 3.05) is 51.1 Å². The predicted molar refractivity (Wildman–Crippen MR) is 118 cm³/mol. The van der Waals surface area contributed by atoms with Crippen molar-refractivity contribution in [3.63, 3.8) is 0 Å². The van der Waals surface area contributed by atoms with Gasteiger partial charge in [0.25, 0.3) is 11.8 Å². The van der Waals surface area contributed by atoms with Gasteiger partial charge in [0.2, 0.25) is 0 Å². The van der Waals surface area contributed by atoms with Gasteiger partial charge in [-0.3, -0.25) is 9.59 Å². The van der Waals surface area contributed by atoms with E-state index in [2.05, 4.69) is 10.2 Å². The highest BCUT2D eigenvalue weighted by Gasteiger charge is 2.37. The van der Waals surface area contributed by atoms with Gasteiger partial charge in [0.1, 0.15) is 26.2 Å². The molecular formula is C23H35ClN4O2+2. The Labute approximate surface area is 184 Å². The lowest BCUT2D eigenvalue weighted by Gasteiger charge is -2.44. The summed E-state index contributed by atoms with van der Waals surface area (Å²) < 4.78 is 0. The van der Waals surface area contributed by atoms with Gasteiger partial charge in [0.15, 0.2) is 13.1 Å². The number of carbonyl (C=O) groups excluding carboxylic acids is 2. The molecule has 0 unspecified atom stereocenters. The molecule has 0 aromatic heterocycles. The molecule has 0 bridgehead atoms. The topological polar surface area (TPSA) is 58.3 Å². The van der Waals surface area contributed by atoms with Gasteiger partial charge >= 0.3 is 0 Å². The van der Waals surface area contributed by atoms with E-state index in [9.17, 15) is 9.59 Å². The molecule has 2 saturated heterocycles. The summed E-state index contributed by atoms with van der Waals surface area (Å²) in [5.74, 6) is 1.08. The monoisotopic (exact) mass is 434 g/mol. The van der Waals surface area contributed by atoms with Crippen LogP contribution in [0.4, 0.5) is 5.69 Å². The van der Waals surface area contributed by atoms with Crippen LogP contribution in [0, 0.1) is 5.92 Å². The Kier molecular flexibility index (Phi) is 7.28. The van der Waals surface area contributed by atoms with Crippen LogP contribution in [0.15, 0.2) is 24.3 Å². The number of rotatable bonds is 5. The molecule has 6 nitrogen and oxygen atoms in total. The molecule has 3 aliphatic rings. The van der Waals surface area contributed by atoms with E-state index in [0.717, 1.165) is 38.6 Å². The molecule has 1 saturated carbocycles. The van der Waals surface area contributed by atoms with Gasteiger partial charge in [-0.2, -0.15) is 0 Å². The molecule has 7 heteroatoms. The van der Waals surface area contributed by atoms with Crippen LogP contribution in [0.3, 0.4) is 0 Å². The van der Waals surface area contributed by atoms with Gasteiger partial charge in [0.05, 0.1) is 10.7 Å². The molecule has 30 heavy (non-hydrogen) atoms. The van der Waals surface area contributed by atoms with Crippen LogP contribution in [0.5, 0.6) is 0 Å². The quantitative estimate of drug-likeness (QED) is 0.622. The minimum atomic E-state index is -0.00529. The maximum Gasteiger partial charge on any atom is 0.279 e. The molecule has 1 aromatic rings. The summed E-state index contributed by atoms with van der Waals surface area (Å²) >= 11 is 6.12. The number of hydrogen-bond donors (Lipinski definition) is 3. The maximum absolute atomic E-state index is 13.0. The molecule has 0 radical (unpaired) electrons. The molecule has 2 aliphatic heterocycles. The molecule has 164 valence electrons. The van der Waals surface area contributed by atoms with Crippen LogP contribution in [-0.4, -0.2) is 68.6 Å². The molecule has 3 fully saturated rings. The summed E-state index contributed by atoms with van der Waals surface area (Å²) in [5, 5.41) is 3.47. The molecule has 4 rings (SSSR count). The van der Waals surface area contributed by atoms with E-state index in [-0.39, 0.29) is 5.91 Å². The van der Waals surface area contributed by atoms with Crippen LogP contribution in [0.2, 0.25) is 5.02 Å². The number of nitrogens with zero attached hydrogens (tertiary/aromatic N) is 1. The van der Waals surface area contributed by atoms with E-state index in [1.54, 1.807) is 6.07 Å². The number of halogens is 1. The lowest BCUT2D eigenvalue weighted by molar-refractivity contribution is -1.00. The number of hydrogen-bond acceptors (Lipinski definition) is 2. The van der Waals surface area contributed by atoms with Gasteiger partial charge in [-0.1, -0.05) is 36.6 Å². The van der Waals surface area contributed by atoms with E-state index in [1.807, 2.05) is 18.2 Å². The Hall–Kier alpha value is -1.63. The first-order valence-electron chi connectivity index (χ1n) is 11.6. The molecule has 2 atom stereocenters.